The number of benzene rings is 1. The molecule has 0 N–H and O–H groups in total. The van der Waals surface area contributed by atoms with E-state index in [0.717, 1.165) is 53.9 Å². The zero-order valence-corrected chi connectivity index (χ0v) is 19.6. The summed E-state index contributed by atoms with van der Waals surface area (Å²) in [6, 6.07) is 10.5. The van der Waals surface area contributed by atoms with Gasteiger partial charge in [0.2, 0.25) is 11.8 Å². The number of amides is 2. The molecule has 2 aromatic rings. The summed E-state index contributed by atoms with van der Waals surface area (Å²) in [5, 5.41) is 0.924. The van der Waals surface area contributed by atoms with Gasteiger partial charge in [0.05, 0.1) is 5.71 Å². The van der Waals surface area contributed by atoms with Crippen molar-refractivity contribution in [2.75, 3.05) is 25.0 Å². The first kappa shape index (κ1) is 21.4. The maximum atomic E-state index is 13.3. The molecule has 6 heteroatoms. The SMILES string of the molecule is CN(C(=O)CN1C(=O)CN=C(c2ccccc2)c2c1sc1c2CCCC1)C1CCCCC1. The molecule has 0 bridgehead atoms. The lowest BCUT2D eigenvalue weighted by Crippen LogP contribution is -2.46. The highest BCUT2D eigenvalue weighted by molar-refractivity contribution is 7.17. The largest absolute Gasteiger partial charge is 0.341 e. The Balaban J connectivity index is 1.51. The van der Waals surface area contributed by atoms with E-state index in [2.05, 4.69) is 12.1 Å². The average molecular weight is 450 g/mol. The molecule has 1 aliphatic heterocycles. The summed E-state index contributed by atoms with van der Waals surface area (Å²) in [4.78, 5) is 36.3. The summed E-state index contributed by atoms with van der Waals surface area (Å²) in [5.74, 6) is -0.0492. The fraction of sp³-hybridized carbons (Fsp3) is 0.500. The summed E-state index contributed by atoms with van der Waals surface area (Å²) in [6.07, 6.45) is 10.2. The van der Waals surface area contributed by atoms with Crippen LogP contribution in [0.4, 0.5) is 5.00 Å². The van der Waals surface area contributed by atoms with Crippen LogP contribution in [0.15, 0.2) is 35.3 Å². The molecule has 5 rings (SSSR count). The minimum Gasteiger partial charge on any atom is -0.341 e. The number of aliphatic imine (C=N–C) groups is 1. The Hall–Kier alpha value is -2.47. The number of nitrogens with zero attached hydrogens (tertiary/aromatic N) is 3. The highest BCUT2D eigenvalue weighted by Gasteiger charge is 2.34. The van der Waals surface area contributed by atoms with E-state index in [4.69, 9.17) is 4.99 Å². The van der Waals surface area contributed by atoms with Crippen molar-refractivity contribution in [3.8, 4) is 0 Å². The molecular formula is C26H31N3O2S. The van der Waals surface area contributed by atoms with Gasteiger partial charge in [-0.05, 0) is 44.1 Å². The summed E-state index contributed by atoms with van der Waals surface area (Å²) < 4.78 is 0. The molecule has 168 valence electrons. The molecule has 3 aliphatic rings. The van der Waals surface area contributed by atoms with Crippen molar-refractivity contribution in [2.45, 2.75) is 63.8 Å². The third kappa shape index (κ3) is 4.01. The number of aryl methyl sites for hydroxylation is 1. The smallest absolute Gasteiger partial charge is 0.249 e. The standard InChI is InChI=1S/C26H31N3O2S/c1-28(19-12-6-3-7-13-19)23(31)17-29-22(30)16-27-25(18-10-4-2-5-11-18)24-20-14-8-9-15-21(20)32-26(24)29/h2,4-5,10-11,19H,3,6-9,12-17H2,1H3. The lowest BCUT2D eigenvalue weighted by atomic mass is 9.91. The van der Waals surface area contributed by atoms with Crippen LogP contribution in [0, 0.1) is 0 Å². The quantitative estimate of drug-likeness (QED) is 0.685. The minimum atomic E-state index is -0.0822. The zero-order valence-electron chi connectivity index (χ0n) is 18.8. The molecule has 2 amide bonds. The molecule has 1 saturated carbocycles. The van der Waals surface area contributed by atoms with Crippen molar-refractivity contribution in [2.24, 2.45) is 4.99 Å². The van der Waals surface area contributed by atoms with Crippen LogP contribution in [-0.2, 0) is 22.4 Å². The van der Waals surface area contributed by atoms with Crippen molar-refractivity contribution in [3.63, 3.8) is 0 Å². The van der Waals surface area contributed by atoms with E-state index >= 15 is 0 Å². The Labute approximate surface area is 194 Å². The number of hydrogen-bond donors (Lipinski definition) is 0. The van der Waals surface area contributed by atoms with Crippen LogP contribution >= 0.6 is 11.3 Å². The second kappa shape index (κ2) is 9.18. The topological polar surface area (TPSA) is 53.0 Å². The van der Waals surface area contributed by atoms with Crippen LogP contribution in [0.25, 0.3) is 0 Å². The Kier molecular flexibility index (Phi) is 6.13. The van der Waals surface area contributed by atoms with Gasteiger partial charge in [0.15, 0.2) is 0 Å². The maximum absolute atomic E-state index is 13.3. The Morgan fingerprint density at radius 3 is 2.62 bits per heavy atom. The number of rotatable bonds is 4. The molecule has 2 heterocycles. The number of hydrogen-bond acceptors (Lipinski definition) is 4. The number of likely N-dealkylation sites (N-methyl/N-ethyl adjacent to an activating group) is 1. The fourth-order valence-electron chi connectivity index (χ4n) is 5.32. The van der Waals surface area contributed by atoms with E-state index in [1.54, 1.807) is 16.2 Å². The van der Waals surface area contributed by atoms with Crippen LogP contribution in [-0.4, -0.2) is 48.6 Å². The van der Waals surface area contributed by atoms with Crippen molar-refractivity contribution in [3.05, 3.63) is 51.9 Å². The summed E-state index contributed by atoms with van der Waals surface area (Å²) in [7, 11) is 1.91. The third-order valence-electron chi connectivity index (χ3n) is 7.16. The first-order valence-electron chi connectivity index (χ1n) is 11.9. The van der Waals surface area contributed by atoms with Crippen LogP contribution in [0.2, 0.25) is 0 Å². The fourth-order valence-corrected chi connectivity index (χ4v) is 6.73. The van der Waals surface area contributed by atoms with E-state index in [-0.39, 0.29) is 24.9 Å². The Morgan fingerprint density at radius 1 is 1.09 bits per heavy atom. The van der Waals surface area contributed by atoms with Gasteiger partial charge >= 0.3 is 0 Å². The Morgan fingerprint density at radius 2 is 1.84 bits per heavy atom. The van der Waals surface area contributed by atoms with E-state index in [1.165, 1.54) is 36.1 Å². The molecule has 1 aromatic heterocycles. The van der Waals surface area contributed by atoms with Gasteiger partial charge in [-0.25, -0.2) is 0 Å². The molecule has 0 radical (unpaired) electrons. The minimum absolute atomic E-state index is 0.0331. The first-order valence-corrected chi connectivity index (χ1v) is 12.8. The number of anilines is 1. The molecule has 1 aromatic carbocycles. The van der Waals surface area contributed by atoms with E-state index in [1.807, 2.05) is 30.1 Å². The summed E-state index contributed by atoms with van der Waals surface area (Å²) >= 11 is 1.70. The van der Waals surface area contributed by atoms with Gasteiger partial charge in [-0.3, -0.25) is 19.5 Å². The molecule has 1 fully saturated rings. The van der Waals surface area contributed by atoms with Crippen molar-refractivity contribution < 1.29 is 9.59 Å². The zero-order chi connectivity index (χ0) is 22.1. The summed E-state index contributed by atoms with van der Waals surface area (Å²) in [6.45, 7) is 0.191. The van der Waals surface area contributed by atoms with Crippen molar-refractivity contribution in [1.29, 1.82) is 0 Å². The van der Waals surface area contributed by atoms with E-state index in [9.17, 15) is 9.59 Å². The van der Waals surface area contributed by atoms with Gasteiger partial charge < -0.3 is 4.90 Å². The van der Waals surface area contributed by atoms with Gasteiger partial charge in [-0.1, -0.05) is 49.6 Å². The predicted octanol–water partition coefficient (Wildman–Crippen LogP) is 4.60. The number of carbonyl (C=O) groups excluding carboxylic acids is 2. The molecule has 0 atom stereocenters. The molecule has 5 nitrogen and oxygen atoms in total. The van der Waals surface area contributed by atoms with Gasteiger partial charge in [-0.15, -0.1) is 11.3 Å². The van der Waals surface area contributed by atoms with E-state index < -0.39 is 0 Å². The molecule has 2 aliphatic carbocycles. The van der Waals surface area contributed by atoms with Crippen LogP contribution in [0.1, 0.15) is 66.5 Å². The lowest BCUT2D eigenvalue weighted by molar-refractivity contribution is -0.132. The monoisotopic (exact) mass is 449 g/mol. The van der Waals surface area contributed by atoms with Crippen molar-refractivity contribution in [1.82, 2.24) is 4.90 Å². The molecule has 0 unspecified atom stereocenters. The van der Waals surface area contributed by atoms with E-state index in [0.29, 0.717) is 6.04 Å². The second-order valence-corrected chi connectivity index (χ2v) is 10.3. The third-order valence-corrected chi connectivity index (χ3v) is 8.48. The number of carbonyl (C=O) groups is 2. The van der Waals surface area contributed by atoms with Gasteiger partial charge in [-0.2, -0.15) is 0 Å². The normalized spacial score (nSPS) is 19.1. The van der Waals surface area contributed by atoms with Crippen LogP contribution in [0.5, 0.6) is 0 Å². The maximum Gasteiger partial charge on any atom is 0.249 e. The van der Waals surface area contributed by atoms with Crippen LogP contribution < -0.4 is 4.90 Å². The molecular weight excluding hydrogens is 418 g/mol. The average Bonchev–Trinajstić information content (AvgIpc) is 3.16. The molecule has 32 heavy (non-hydrogen) atoms. The highest BCUT2D eigenvalue weighted by atomic mass is 32.1. The number of thiophene rings is 1. The van der Waals surface area contributed by atoms with Gasteiger partial charge in [0, 0.05) is 29.1 Å². The number of fused-ring (bicyclic) bond motifs is 3. The highest BCUT2D eigenvalue weighted by Crippen LogP contribution is 2.42. The lowest BCUT2D eigenvalue weighted by Gasteiger charge is -2.32. The first-order chi connectivity index (χ1) is 15.6. The molecule has 0 spiro atoms. The predicted molar refractivity (Wildman–Crippen MR) is 130 cm³/mol. The Bertz CT molecular complexity index is 1040. The van der Waals surface area contributed by atoms with Gasteiger partial charge in [0.25, 0.3) is 0 Å². The van der Waals surface area contributed by atoms with Gasteiger partial charge in [0.1, 0.15) is 18.1 Å². The second-order valence-electron chi connectivity index (χ2n) is 9.20. The molecule has 0 saturated heterocycles. The summed E-state index contributed by atoms with van der Waals surface area (Å²) in [5.41, 5.74) is 4.38. The van der Waals surface area contributed by atoms with Crippen LogP contribution in [0.3, 0.4) is 0 Å². The van der Waals surface area contributed by atoms with Crippen molar-refractivity contribution >= 4 is 33.9 Å².